The quantitative estimate of drug-likeness (QED) is 0.585. The highest BCUT2D eigenvalue weighted by atomic mass is 32.1. The first-order chi connectivity index (χ1) is 12.5. The number of thiocarbonyl (C=S) groups is 1. The van der Waals surface area contributed by atoms with Gasteiger partial charge in [-0.05, 0) is 66.9 Å². The molecule has 0 aromatic heterocycles. The van der Waals surface area contributed by atoms with Crippen molar-refractivity contribution in [2.75, 3.05) is 5.32 Å². The van der Waals surface area contributed by atoms with E-state index < -0.39 is 0 Å². The Kier molecular flexibility index (Phi) is 5.69. The molecule has 0 aliphatic rings. The third-order valence-electron chi connectivity index (χ3n) is 4.55. The molecule has 2 nitrogen and oxygen atoms in total. The zero-order chi connectivity index (χ0) is 18.5. The number of rotatable bonds is 4. The summed E-state index contributed by atoms with van der Waals surface area (Å²) in [4.78, 5) is 0. The van der Waals surface area contributed by atoms with Gasteiger partial charge in [0.05, 0.1) is 6.04 Å². The summed E-state index contributed by atoms with van der Waals surface area (Å²) in [6, 6.07) is 25.2. The predicted molar refractivity (Wildman–Crippen MR) is 115 cm³/mol. The van der Waals surface area contributed by atoms with E-state index in [9.17, 15) is 0 Å². The van der Waals surface area contributed by atoms with Crippen LogP contribution in [0.15, 0.2) is 72.8 Å². The number of hydrogen-bond donors (Lipinski definition) is 2. The van der Waals surface area contributed by atoms with E-state index in [-0.39, 0.29) is 6.04 Å². The monoisotopic (exact) mass is 360 g/mol. The summed E-state index contributed by atoms with van der Waals surface area (Å²) in [5.74, 6) is 0. The summed E-state index contributed by atoms with van der Waals surface area (Å²) in [5.41, 5.74) is 7.07. The van der Waals surface area contributed by atoms with E-state index in [0.29, 0.717) is 5.11 Å². The highest BCUT2D eigenvalue weighted by molar-refractivity contribution is 7.80. The highest BCUT2D eigenvalue weighted by Crippen LogP contribution is 2.25. The molecular formula is C23H24N2S. The van der Waals surface area contributed by atoms with Crippen LogP contribution < -0.4 is 10.6 Å². The van der Waals surface area contributed by atoms with E-state index in [1.807, 2.05) is 6.07 Å². The molecule has 0 aliphatic heterocycles. The molecule has 0 saturated heterocycles. The fourth-order valence-electron chi connectivity index (χ4n) is 3.06. The lowest BCUT2D eigenvalue weighted by atomic mass is 9.95. The van der Waals surface area contributed by atoms with E-state index in [0.717, 1.165) is 5.69 Å². The van der Waals surface area contributed by atoms with Crippen molar-refractivity contribution in [2.24, 2.45) is 0 Å². The summed E-state index contributed by atoms with van der Waals surface area (Å²) < 4.78 is 0. The minimum absolute atomic E-state index is 0.00233. The third kappa shape index (κ3) is 4.30. The zero-order valence-electron chi connectivity index (χ0n) is 15.4. The predicted octanol–water partition coefficient (Wildman–Crippen LogP) is 5.69. The normalized spacial score (nSPS) is 11.7. The molecule has 3 aromatic carbocycles. The van der Waals surface area contributed by atoms with Gasteiger partial charge in [-0.15, -0.1) is 0 Å². The Balaban J connectivity index is 1.87. The third-order valence-corrected chi connectivity index (χ3v) is 4.77. The van der Waals surface area contributed by atoms with Gasteiger partial charge in [-0.25, -0.2) is 0 Å². The van der Waals surface area contributed by atoms with Gasteiger partial charge in [0.1, 0.15) is 0 Å². The number of anilines is 1. The molecule has 3 aromatic rings. The Labute approximate surface area is 161 Å². The second kappa shape index (κ2) is 8.15. The Hall–Kier alpha value is -2.65. The van der Waals surface area contributed by atoms with Gasteiger partial charge in [-0.3, -0.25) is 0 Å². The Morgan fingerprint density at radius 3 is 2.23 bits per heavy atom. The molecule has 0 radical (unpaired) electrons. The maximum atomic E-state index is 5.64. The minimum Gasteiger partial charge on any atom is -0.352 e. The Morgan fingerprint density at radius 1 is 0.808 bits per heavy atom. The Bertz CT molecular complexity index is 903. The van der Waals surface area contributed by atoms with E-state index in [4.69, 9.17) is 12.2 Å². The van der Waals surface area contributed by atoms with Crippen molar-refractivity contribution in [1.29, 1.82) is 0 Å². The van der Waals surface area contributed by atoms with Crippen LogP contribution in [0.4, 0.5) is 5.69 Å². The molecule has 0 heterocycles. The van der Waals surface area contributed by atoms with Crippen LogP contribution in [0.2, 0.25) is 0 Å². The maximum absolute atomic E-state index is 5.64. The largest absolute Gasteiger partial charge is 0.352 e. The summed E-state index contributed by atoms with van der Waals surface area (Å²) in [6.07, 6.45) is 0. The topological polar surface area (TPSA) is 24.1 Å². The van der Waals surface area contributed by atoms with Crippen LogP contribution >= 0.6 is 12.2 Å². The fraction of sp³-hybridized carbons (Fsp3) is 0.174. The van der Waals surface area contributed by atoms with Gasteiger partial charge in [-0.1, -0.05) is 66.7 Å². The van der Waals surface area contributed by atoms with Crippen LogP contribution in [0.3, 0.4) is 0 Å². The first kappa shape index (κ1) is 18.2. The molecular weight excluding hydrogens is 336 g/mol. The lowest BCUT2D eigenvalue weighted by Crippen LogP contribution is -2.33. The summed E-state index contributed by atoms with van der Waals surface area (Å²) in [6.45, 7) is 6.30. The summed E-state index contributed by atoms with van der Waals surface area (Å²) in [7, 11) is 0. The molecule has 1 unspecified atom stereocenters. The van der Waals surface area contributed by atoms with Crippen LogP contribution in [-0.4, -0.2) is 5.11 Å². The first-order valence-electron chi connectivity index (χ1n) is 8.80. The second-order valence-corrected chi connectivity index (χ2v) is 7.03. The molecule has 0 amide bonds. The van der Waals surface area contributed by atoms with Gasteiger partial charge < -0.3 is 10.6 Å². The van der Waals surface area contributed by atoms with Gasteiger partial charge in [-0.2, -0.15) is 0 Å². The molecule has 0 spiro atoms. The molecule has 2 N–H and O–H groups in total. The van der Waals surface area contributed by atoms with Crippen LogP contribution in [0.5, 0.6) is 0 Å². The van der Waals surface area contributed by atoms with Crippen molar-refractivity contribution in [3.63, 3.8) is 0 Å². The maximum Gasteiger partial charge on any atom is 0.171 e. The average molecular weight is 361 g/mol. The number of aryl methyl sites for hydroxylation is 3. The number of hydrogen-bond acceptors (Lipinski definition) is 1. The lowest BCUT2D eigenvalue weighted by Gasteiger charge is -2.24. The van der Waals surface area contributed by atoms with E-state index in [2.05, 4.69) is 98.1 Å². The van der Waals surface area contributed by atoms with Gasteiger partial charge in [0.15, 0.2) is 5.11 Å². The summed E-state index contributed by atoms with van der Waals surface area (Å²) in [5, 5.41) is 7.49. The second-order valence-electron chi connectivity index (χ2n) is 6.62. The molecule has 0 aliphatic carbocycles. The molecule has 3 heteroatoms. The standard InChI is InChI=1S/C23H24N2S/c1-16-13-14-18(3)21(15-16)24-23(26)25-22(19-10-5-4-6-11-19)20-12-8-7-9-17(20)2/h4-15,22H,1-3H3,(H2,24,25,26). The summed E-state index contributed by atoms with van der Waals surface area (Å²) >= 11 is 5.64. The molecule has 3 rings (SSSR count). The van der Waals surface area contributed by atoms with Crippen molar-refractivity contribution >= 4 is 23.0 Å². The van der Waals surface area contributed by atoms with Crippen LogP contribution in [-0.2, 0) is 0 Å². The smallest absolute Gasteiger partial charge is 0.171 e. The number of nitrogens with one attached hydrogen (secondary N) is 2. The van der Waals surface area contributed by atoms with Crippen molar-refractivity contribution in [2.45, 2.75) is 26.8 Å². The van der Waals surface area contributed by atoms with E-state index >= 15 is 0 Å². The number of benzene rings is 3. The first-order valence-corrected chi connectivity index (χ1v) is 9.20. The molecule has 26 heavy (non-hydrogen) atoms. The molecule has 0 bridgehead atoms. The fourth-order valence-corrected chi connectivity index (χ4v) is 3.28. The van der Waals surface area contributed by atoms with Crippen molar-refractivity contribution < 1.29 is 0 Å². The SMILES string of the molecule is Cc1ccc(C)c(NC(=S)NC(c2ccccc2)c2ccccc2C)c1. The van der Waals surface area contributed by atoms with E-state index in [1.165, 1.54) is 27.8 Å². The van der Waals surface area contributed by atoms with Gasteiger partial charge in [0.25, 0.3) is 0 Å². The highest BCUT2D eigenvalue weighted by Gasteiger charge is 2.17. The van der Waals surface area contributed by atoms with Gasteiger partial charge in [0, 0.05) is 5.69 Å². The van der Waals surface area contributed by atoms with Gasteiger partial charge >= 0.3 is 0 Å². The van der Waals surface area contributed by atoms with Crippen molar-refractivity contribution in [1.82, 2.24) is 5.32 Å². The molecule has 1 atom stereocenters. The Morgan fingerprint density at radius 2 is 1.50 bits per heavy atom. The van der Waals surface area contributed by atoms with E-state index in [1.54, 1.807) is 0 Å². The zero-order valence-corrected chi connectivity index (χ0v) is 16.2. The van der Waals surface area contributed by atoms with Crippen molar-refractivity contribution in [3.05, 3.63) is 101 Å². The molecule has 132 valence electrons. The average Bonchev–Trinajstić information content (AvgIpc) is 2.64. The lowest BCUT2D eigenvalue weighted by molar-refractivity contribution is 0.762. The van der Waals surface area contributed by atoms with Gasteiger partial charge in [0.2, 0.25) is 0 Å². The molecule has 0 saturated carbocycles. The van der Waals surface area contributed by atoms with Crippen LogP contribution in [0, 0.1) is 20.8 Å². The minimum atomic E-state index is 0.00233. The molecule has 0 fully saturated rings. The van der Waals surface area contributed by atoms with Crippen LogP contribution in [0.25, 0.3) is 0 Å². The van der Waals surface area contributed by atoms with Crippen LogP contribution in [0.1, 0.15) is 33.9 Å². The van der Waals surface area contributed by atoms with Crippen molar-refractivity contribution in [3.8, 4) is 0 Å².